The van der Waals surface area contributed by atoms with Gasteiger partial charge in [0.15, 0.2) is 0 Å². The number of carbonyl (C=O) groups is 1. The monoisotopic (exact) mass is 329 g/mol. The van der Waals surface area contributed by atoms with Gasteiger partial charge in [0.25, 0.3) is 0 Å². The fraction of sp³-hybridized carbons (Fsp3) is 0. The number of nitrogens with one attached hydrogen (secondary N) is 1. The topological polar surface area (TPSA) is 46.9 Å². The van der Waals surface area contributed by atoms with Crippen LogP contribution in [0.5, 0.6) is 0 Å². The second kappa shape index (κ2) is 6.60. The van der Waals surface area contributed by atoms with Crippen molar-refractivity contribution in [2.24, 2.45) is 0 Å². The molecular formula is C16H12ClN3OS. The number of benzene rings is 1. The summed E-state index contributed by atoms with van der Waals surface area (Å²) in [5.41, 5.74) is 1.39. The molecule has 0 saturated heterocycles. The third kappa shape index (κ3) is 3.63. The predicted octanol–water partition coefficient (Wildman–Crippen LogP) is 4.85. The van der Waals surface area contributed by atoms with E-state index in [4.69, 9.17) is 11.6 Å². The molecule has 6 heteroatoms. The van der Waals surface area contributed by atoms with Crippen LogP contribution in [0.1, 0.15) is 10.6 Å². The van der Waals surface area contributed by atoms with Crippen LogP contribution in [0.3, 0.4) is 0 Å². The van der Waals surface area contributed by atoms with Gasteiger partial charge in [-0.25, -0.2) is 4.79 Å². The number of thiophene rings is 1. The Morgan fingerprint density at radius 2 is 2.00 bits per heavy atom. The number of hydrogen-bond acceptors (Lipinski definition) is 3. The smallest absolute Gasteiger partial charge is 0.306 e. The minimum Gasteiger partial charge on any atom is -0.306 e. The van der Waals surface area contributed by atoms with Crippen LogP contribution in [-0.2, 0) is 0 Å². The average Bonchev–Trinajstić information content (AvgIpc) is 3.18. The van der Waals surface area contributed by atoms with Gasteiger partial charge in [0.2, 0.25) is 0 Å². The molecule has 0 atom stereocenters. The van der Waals surface area contributed by atoms with Crippen molar-refractivity contribution in [1.29, 1.82) is 0 Å². The lowest BCUT2D eigenvalue weighted by Gasteiger charge is -2.04. The zero-order chi connectivity index (χ0) is 15.4. The molecule has 0 aliphatic heterocycles. The van der Waals surface area contributed by atoms with Crippen LogP contribution in [0, 0.1) is 0 Å². The molecule has 1 aromatic carbocycles. The SMILES string of the molecule is O=C(Nc1ccc(Cl)cc1)n1ccc(/C=C/c2cccs2)n1. The summed E-state index contributed by atoms with van der Waals surface area (Å²) in [6.07, 6.45) is 5.46. The van der Waals surface area contributed by atoms with E-state index in [1.54, 1.807) is 47.9 Å². The summed E-state index contributed by atoms with van der Waals surface area (Å²) < 4.78 is 1.27. The number of nitrogens with zero attached hydrogens (tertiary/aromatic N) is 2. The largest absolute Gasteiger partial charge is 0.346 e. The molecule has 110 valence electrons. The summed E-state index contributed by atoms with van der Waals surface area (Å²) in [7, 11) is 0. The Balaban J connectivity index is 1.67. The van der Waals surface area contributed by atoms with E-state index in [2.05, 4.69) is 10.4 Å². The lowest BCUT2D eigenvalue weighted by Crippen LogP contribution is -2.19. The van der Waals surface area contributed by atoms with Gasteiger partial charge in [0, 0.05) is 21.8 Å². The first-order valence-electron chi connectivity index (χ1n) is 6.55. The molecule has 3 aromatic rings. The van der Waals surface area contributed by atoms with Crippen LogP contribution >= 0.6 is 22.9 Å². The number of hydrogen-bond donors (Lipinski definition) is 1. The van der Waals surface area contributed by atoms with Crippen molar-refractivity contribution in [3.8, 4) is 0 Å². The highest BCUT2D eigenvalue weighted by atomic mass is 35.5. The van der Waals surface area contributed by atoms with Crippen molar-refractivity contribution in [3.63, 3.8) is 0 Å². The quantitative estimate of drug-likeness (QED) is 0.746. The van der Waals surface area contributed by atoms with Gasteiger partial charge in [-0.05, 0) is 53.9 Å². The lowest BCUT2D eigenvalue weighted by molar-refractivity contribution is 0.251. The Bertz CT molecular complexity index is 791. The summed E-state index contributed by atoms with van der Waals surface area (Å²) in [4.78, 5) is 13.2. The van der Waals surface area contributed by atoms with E-state index in [1.807, 2.05) is 29.7 Å². The molecule has 0 bridgehead atoms. The first-order valence-corrected chi connectivity index (χ1v) is 7.81. The molecule has 0 saturated carbocycles. The van der Waals surface area contributed by atoms with Gasteiger partial charge in [0.1, 0.15) is 0 Å². The van der Waals surface area contributed by atoms with Crippen molar-refractivity contribution in [2.75, 3.05) is 5.32 Å². The number of amides is 1. The van der Waals surface area contributed by atoms with Crippen LogP contribution in [0.4, 0.5) is 10.5 Å². The summed E-state index contributed by atoms with van der Waals surface area (Å²) in [6, 6.07) is 12.4. The minimum atomic E-state index is -0.321. The Morgan fingerprint density at radius 1 is 1.18 bits per heavy atom. The summed E-state index contributed by atoms with van der Waals surface area (Å²) >= 11 is 7.46. The fourth-order valence-corrected chi connectivity index (χ4v) is 2.55. The third-order valence-electron chi connectivity index (χ3n) is 2.87. The summed E-state index contributed by atoms with van der Waals surface area (Å²) in [5.74, 6) is 0. The van der Waals surface area contributed by atoms with Gasteiger partial charge >= 0.3 is 6.03 Å². The molecule has 0 aliphatic rings. The maximum atomic E-state index is 12.1. The molecule has 0 unspecified atom stereocenters. The standard InChI is InChI=1S/C16H12ClN3OS/c17-12-3-5-13(6-4-12)18-16(21)20-10-9-14(19-20)7-8-15-2-1-11-22-15/h1-11H,(H,18,21)/b8-7+. The zero-order valence-electron chi connectivity index (χ0n) is 11.4. The molecule has 1 amide bonds. The van der Waals surface area contributed by atoms with Crippen LogP contribution in [0.25, 0.3) is 12.2 Å². The number of anilines is 1. The molecule has 3 rings (SSSR count). The molecule has 0 spiro atoms. The molecule has 22 heavy (non-hydrogen) atoms. The number of carbonyl (C=O) groups excluding carboxylic acids is 1. The van der Waals surface area contributed by atoms with Crippen molar-refractivity contribution < 1.29 is 4.79 Å². The highest BCUT2D eigenvalue weighted by Gasteiger charge is 2.06. The Labute approximate surface area is 136 Å². The van der Waals surface area contributed by atoms with Gasteiger partial charge in [-0.2, -0.15) is 9.78 Å². The van der Waals surface area contributed by atoms with Crippen molar-refractivity contribution in [3.05, 3.63) is 69.6 Å². The number of aromatic nitrogens is 2. The third-order valence-corrected chi connectivity index (χ3v) is 3.96. The maximum absolute atomic E-state index is 12.1. The van der Waals surface area contributed by atoms with Gasteiger partial charge in [-0.3, -0.25) is 0 Å². The molecule has 0 aliphatic carbocycles. The molecule has 2 heterocycles. The van der Waals surface area contributed by atoms with Gasteiger partial charge in [-0.15, -0.1) is 11.3 Å². The Kier molecular flexibility index (Phi) is 4.37. The highest BCUT2D eigenvalue weighted by molar-refractivity contribution is 7.10. The van der Waals surface area contributed by atoms with Gasteiger partial charge < -0.3 is 5.32 Å². The molecule has 4 nitrogen and oxygen atoms in total. The maximum Gasteiger partial charge on any atom is 0.346 e. The second-order valence-corrected chi connectivity index (χ2v) is 5.89. The molecule has 2 aromatic heterocycles. The van der Waals surface area contributed by atoms with E-state index in [9.17, 15) is 4.79 Å². The zero-order valence-corrected chi connectivity index (χ0v) is 13.0. The number of halogens is 1. The van der Waals surface area contributed by atoms with Crippen LogP contribution < -0.4 is 5.32 Å². The lowest BCUT2D eigenvalue weighted by atomic mass is 10.3. The summed E-state index contributed by atoms with van der Waals surface area (Å²) in [5, 5.41) is 9.60. The molecule has 1 N–H and O–H groups in total. The van der Waals surface area contributed by atoms with E-state index in [-0.39, 0.29) is 6.03 Å². The van der Waals surface area contributed by atoms with Gasteiger partial charge in [-0.1, -0.05) is 17.7 Å². The molecule has 0 radical (unpaired) electrons. The van der Waals surface area contributed by atoms with Crippen LogP contribution in [0.2, 0.25) is 5.02 Å². The van der Waals surface area contributed by atoms with E-state index >= 15 is 0 Å². The predicted molar refractivity (Wildman–Crippen MR) is 91.3 cm³/mol. The van der Waals surface area contributed by atoms with E-state index in [0.29, 0.717) is 10.7 Å². The average molecular weight is 330 g/mol. The second-order valence-electron chi connectivity index (χ2n) is 4.47. The van der Waals surface area contributed by atoms with Crippen molar-refractivity contribution in [1.82, 2.24) is 9.78 Å². The molecular weight excluding hydrogens is 318 g/mol. The van der Waals surface area contributed by atoms with Crippen LogP contribution in [0.15, 0.2) is 54.0 Å². The van der Waals surface area contributed by atoms with Crippen LogP contribution in [-0.4, -0.2) is 15.8 Å². The Hall–Kier alpha value is -2.37. The van der Waals surface area contributed by atoms with E-state index < -0.39 is 0 Å². The minimum absolute atomic E-state index is 0.321. The Morgan fingerprint density at radius 3 is 2.73 bits per heavy atom. The summed E-state index contributed by atoms with van der Waals surface area (Å²) in [6.45, 7) is 0. The van der Waals surface area contributed by atoms with Gasteiger partial charge in [0.05, 0.1) is 5.69 Å². The molecule has 0 fully saturated rings. The number of rotatable bonds is 3. The first-order chi connectivity index (χ1) is 10.7. The fourth-order valence-electron chi connectivity index (χ4n) is 1.81. The van der Waals surface area contributed by atoms with E-state index in [0.717, 1.165) is 10.6 Å². The van der Waals surface area contributed by atoms with Crippen molar-refractivity contribution in [2.45, 2.75) is 0 Å². The van der Waals surface area contributed by atoms with E-state index in [1.165, 1.54) is 4.68 Å². The first kappa shape index (κ1) is 14.6. The van der Waals surface area contributed by atoms with Crippen molar-refractivity contribution >= 4 is 46.8 Å². The normalized spacial score (nSPS) is 11.0. The highest BCUT2D eigenvalue weighted by Crippen LogP contribution is 2.14.